The Bertz CT molecular complexity index is 342. The zero-order chi connectivity index (χ0) is 12.5. The van der Waals surface area contributed by atoms with E-state index in [-0.39, 0.29) is 18.4 Å². The van der Waals surface area contributed by atoms with Gasteiger partial charge in [-0.2, -0.15) is 5.26 Å². The van der Waals surface area contributed by atoms with Crippen molar-refractivity contribution in [2.24, 2.45) is 17.3 Å². The number of rotatable bonds is 2. The van der Waals surface area contributed by atoms with Crippen LogP contribution in [0.25, 0.3) is 0 Å². The van der Waals surface area contributed by atoms with Crippen LogP contribution in [0.3, 0.4) is 0 Å². The molecule has 0 radical (unpaired) electrons. The lowest BCUT2D eigenvalue weighted by Gasteiger charge is -2.44. The molecule has 4 heteroatoms. The van der Waals surface area contributed by atoms with E-state index in [9.17, 15) is 10.1 Å². The summed E-state index contributed by atoms with van der Waals surface area (Å²) >= 11 is 0. The smallest absolute Gasteiger partial charge is 0.243 e. The van der Waals surface area contributed by atoms with Crippen molar-refractivity contribution in [3.8, 4) is 6.07 Å². The molecule has 0 aromatic carbocycles. The van der Waals surface area contributed by atoms with Gasteiger partial charge in [0.05, 0.1) is 6.07 Å². The van der Waals surface area contributed by atoms with Gasteiger partial charge in [0.2, 0.25) is 5.91 Å². The van der Waals surface area contributed by atoms with Gasteiger partial charge in [0, 0.05) is 19.7 Å². The molecule has 1 saturated heterocycles. The third-order valence-corrected chi connectivity index (χ3v) is 4.08. The second-order valence-electron chi connectivity index (χ2n) is 5.65. The zero-order valence-corrected chi connectivity index (χ0v) is 10.4. The molecule has 1 saturated carbocycles. The summed E-state index contributed by atoms with van der Waals surface area (Å²) in [5.41, 5.74) is -0.753. The molecule has 2 aliphatic rings. The maximum Gasteiger partial charge on any atom is 0.243 e. The number of carbonyl (C=O) groups is 1. The van der Waals surface area contributed by atoms with E-state index in [1.165, 1.54) is 0 Å². The van der Waals surface area contributed by atoms with E-state index in [4.69, 9.17) is 5.11 Å². The van der Waals surface area contributed by atoms with Crippen LogP contribution < -0.4 is 0 Å². The van der Waals surface area contributed by atoms with E-state index in [0.717, 1.165) is 19.4 Å². The SMILES string of the molecule is CC1CC(C#N)(C(=O)N2CCCC(CO)C2)C1. The fourth-order valence-corrected chi connectivity index (χ4v) is 3.14. The number of hydrogen-bond acceptors (Lipinski definition) is 3. The summed E-state index contributed by atoms with van der Waals surface area (Å²) in [7, 11) is 0. The molecule has 0 aromatic heterocycles. The third kappa shape index (κ3) is 2.16. The van der Waals surface area contributed by atoms with Gasteiger partial charge in [-0.15, -0.1) is 0 Å². The van der Waals surface area contributed by atoms with E-state index in [0.29, 0.717) is 25.3 Å². The van der Waals surface area contributed by atoms with E-state index in [1.54, 1.807) is 4.90 Å². The van der Waals surface area contributed by atoms with Gasteiger partial charge in [-0.25, -0.2) is 0 Å². The molecule has 0 bridgehead atoms. The highest BCUT2D eigenvalue weighted by atomic mass is 16.3. The van der Waals surface area contributed by atoms with E-state index in [1.807, 2.05) is 0 Å². The summed E-state index contributed by atoms with van der Waals surface area (Å²) < 4.78 is 0. The first-order valence-electron chi connectivity index (χ1n) is 6.43. The lowest BCUT2D eigenvalue weighted by atomic mass is 9.62. The second-order valence-corrected chi connectivity index (χ2v) is 5.65. The van der Waals surface area contributed by atoms with Crippen LogP contribution in [0.5, 0.6) is 0 Å². The summed E-state index contributed by atoms with van der Waals surface area (Å²) in [6.45, 7) is 3.58. The van der Waals surface area contributed by atoms with Gasteiger partial charge in [-0.3, -0.25) is 4.79 Å². The van der Waals surface area contributed by atoms with Gasteiger partial charge >= 0.3 is 0 Å². The molecule has 1 N–H and O–H groups in total. The Morgan fingerprint density at radius 2 is 2.29 bits per heavy atom. The molecule has 2 rings (SSSR count). The Hall–Kier alpha value is -1.08. The summed E-state index contributed by atoms with van der Waals surface area (Å²) in [6, 6.07) is 2.22. The van der Waals surface area contributed by atoms with Crippen LogP contribution in [-0.2, 0) is 4.79 Å². The molecule has 0 aromatic rings. The number of aliphatic hydroxyl groups excluding tert-OH is 1. The highest BCUT2D eigenvalue weighted by Crippen LogP contribution is 2.46. The average molecular weight is 236 g/mol. The minimum Gasteiger partial charge on any atom is -0.396 e. The van der Waals surface area contributed by atoms with Crippen LogP contribution in [-0.4, -0.2) is 35.6 Å². The number of nitriles is 1. The van der Waals surface area contributed by atoms with Crippen LogP contribution in [0.4, 0.5) is 0 Å². The number of nitrogens with zero attached hydrogens (tertiary/aromatic N) is 2. The quantitative estimate of drug-likeness (QED) is 0.782. The number of piperidine rings is 1. The number of hydrogen-bond donors (Lipinski definition) is 1. The fraction of sp³-hybridized carbons (Fsp3) is 0.846. The molecule has 94 valence electrons. The number of carbonyl (C=O) groups excluding carboxylic acids is 1. The molecule has 17 heavy (non-hydrogen) atoms. The van der Waals surface area contributed by atoms with Crippen molar-refractivity contribution in [3.05, 3.63) is 0 Å². The van der Waals surface area contributed by atoms with E-state index in [2.05, 4.69) is 13.0 Å². The average Bonchev–Trinajstić information content (AvgIpc) is 2.34. The summed E-state index contributed by atoms with van der Waals surface area (Å²) in [5, 5.41) is 18.4. The van der Waals surface area contributed by atoms with Gasteiger partial charge in [0.15, 0.2) is 0 Å². The standard InChI is InChI=1S/C13H20N2O2/c1-10-5-13(6-10,9-14)12(17)15-4-2-3-11(7-15)8-16/h10-11,16H,2-8H2,1H3. The van der Waals surface area contributed by atoms with Crippen molar-refractivity contribution in [3.63, 3.8) is 0 Å². The molecule has 0 spiro atoms. The molecule has 1 aliphatic heterocycles. The van der Waals surface area contributed by atoms with Crippen molar-refractivity contribution in [2.75, 3.05) is 19.7 Å². The lowest BCUT2D eigenvalue weighted by Crippen LogP contribution is -2.52. The van der Waals surface area contributed by atoms with Gasteiger partial charge in [-0.05, 0) is 37.5 Å². The second kappa shape index (κ2) is 4.66. The van der Waals surface area contributed by atoms with Crippen LogP contribution in [0, 0.1) is 28.6 Å². The summed E-state index contributed by atoms with van der Waals surface area (Å²) in [6.07, 6.45) is 3.31. The van der Waals surface area contributed by atoms with Gasteiger partial charge in [0.1, 0.15) is 5.41 Å². The molecular formula is C13H20N2O2. The number of aliphatic hydroxyl groups is 1. The molecule has 1 amide bonds. The first kappa shape index (κ1) is 12.4. The number of amides is 1. The van der Waals surface area contributed by atoms with Gasteiger partial charge in [-0.1, -0.05) is 6.92 Å². The van der Waals surface area contributed by atoms with Crippen LogP contribution >= 0.6 is 0 Å². The minimum absolute atomic E-state index is 0.00347. The molecular weight excluding hydrogens is 216 g/mol. The summed E-state index contributed by atoms with van der Waals surface area (Å²) in [4.78, 5) is 14.2. The molecule has 1 heterocycles. The largest absolute Gasteiger partial charge is 0.396 e. The maximum absolute atomic E-state index is 12.4. The zero-order valence-electron chi connectivity index (χ0n) is 10.4. The van der Waals surface area contributed by atoms with Crippen molar-refractivity contribution in [1.82, 2.24) is 4.90 Å². The third-order valence-electron chi connectivity index (χ3n) is 4.08. The Labute approximate surface area is 102 Å². The minimum atomic E-state index is -0.753. The van der Waals surface area contributed by atoms with Crippen molar-refractivity contribution >= 4 is 5.91 Å². The first-order chi connectivity index (χ1) is 8.11. The molecule has 2 fully saturated rings. The van der Waals surface area contributed by atoms with Crippen LogP contribution in [0.1, 0.15) is 32.6 Å². The lowest BCUT2D eigenvalue weighted by molar-refractivity contribution is -0.147. The Kier molecular flexibility index (Phi) is 3.39. The molecule has 1 aliphatic carbocycles. The van der Waals surface area contributed by atoms with Crippen molar-refractivity contribution in [1.29, 1.82) is 5.26 Å². The van der Waals surface area contributed by atoms with E-state index < -0.39 is 5.41 Å². The molecule has 1 atom stereocenters. The predicted octanol–water partition coefficient (Wildman–Crippen LogP) is 1.16. The molecule has 4 nitrogen and oxygen atoms in total. The van der Waals surface area contributed by atoms with Gasteiger partial charge < -0.3 is 10.0 Å². The van der Waals surface area contributed by atoms with Crippen molar-refractivity contribution in [2.45, 2.75) is 32.6 Å². The number of likely N-dealkylation sites (tertiary alicyclic amines) is 1. The normalized spacial score (nSPS) is 37.1. The van der Waals surface area contributed by atoms with E-state index >= 15 is 0 Å². The Morgan fingerprint density at radius 1 is 1.59 bits per heavy atom. The topological polar surface area (TPSA) is 64.3 Å². The maximum atomic E-state index is 12.4. The summed E-state index contributed by atoms with van der Waals surface area (Å²) in [5.74, 6) is 0.675. The predicted molar refractivity (Wildman–Crippen MR) is 62.8 cm³/mol. The fourth-order valence-electron chi connectivity index (χ4n) is 3.14. The van der Waals surface area contributed by atoms with Gasteiger partial charge in [0.25, 0.3) is 0 Å². The van der Waals surface area contributed by atoms with Crippen LogP contribution in [0.15, 0.2) is 0 Å². The first-order valence-corrected chi connectivity index (χ1v) is 6.43. The Morgan fingerprint density at radius 3 is 2.82 bits per heavy atom. The van der Waals surface area contributed by atoms with Crippen LogP contribution in [0.2, 0.25) is 0 Å². The Balaban J connectivity index is 2.02. The molecule has 1 unspecified atom stereocenters. The monoisotopic (exact) mass is 236 g/mol. The highest BCUT2D eigenvalue weighted by Gasteiger charge is 2.51. The van der Waals surface area contributed by atoms with Crippen molar-refractivity contribution < 1.29 is 9.90 Å². The highest BCUT2D eigenvalue weighted by molar-refractivity contribution is 5.86.